The molecule has 0 atom stereocenters. The molecule has 0 bridgehead atoms. The molecule has 0 spiro atoms. The summed E-state index contributed by atoms with van der Waals surface area (Å²) in [5.74, 6) is -0.752. The number of hydrogen-bond acceptors (Lipinski definition) is 4. The number of esters is 1. The normalized spacial score (nSPS) is 10.1. The fourth-order valence-electron chi connectivity index (χ4n) is 1.98. The van der Waals surface area contributed by atoms with Gasteiger partial charge in [-0.05, 0) is 42.3 Å². The van der Waals surface area contributed by atoms with Gasteiger partial charge in [-0.1, -0.05) is 18.2 Å². The van der Waals surface area contributed by atoms with E-state index in [0.717, 1.165) is 0 Å². The minimum atomic E-state index is -0.480. The monoisotopic (exact) mass is 331 g/mol. The average molecular weight is 331 g/mol. The Bertz CT molecular complexity index is 746. The number of amides is 1. The molecule has 126 valence electrons. The topological polar surface area (TPSA) is 64.6 Å². The van der Waals surface area contributed by atoms with Crippen LogP contribution in [0.25, 0.3) is 0 Å². The van der Waals surface area contributed by atoms with Gasteiger partial charge in [-0.15, -0.1) is 0 Å². The first kappa shape index (κ1) is 17.5. The number of carbonyl (C=O) groups is 2. The second kappa shape index (κ2) is 8.10. The molecule has 5 nitrogen and oxygen atoms in total. The Labute approximate surface area is 139 Å². The van der Waals surface area contributed by atoms with E-state index >= 15 is 0 Å². The van der Waals surface area contributed by atoms with Crippen molar-refractivity contribution in [3.05, 3.63) is 65.0 Å². The molecule has 6 heteroatoms. The van der Waals surface area contributed by atoms with Crippen molar-refractivity contribution in [2.75, 3.05) is 13.7 Å². The maximum absolute atomic E-state index is 13.4. The van der Waals surface area contributed by atoms with Gasteiger partial charge in [0.15, 0.2) is 6.61 Å². The van der Waals surface area contributed by atoms with E-state index in [1.807, 2.05) is 0 Å². The number of methoxy groups -OCH3 is 1. The molecule has 0 heterocycles. The van der Waals surface area contributed by atoms with Crippen LogP contribution >= 0.6 is 0 Å². The van der Waals surface area contributed by atoms with Crippen LogP contribution < -0.4 is 10.1 Å². The zero-order valence-corrected chi connectivity index (χ0v) is 13.5. The lowest BCUT2D eigenvalue weighted by Crippen LogP contribution is -2.28. The summed E-state index contributed by atoms with van der Waals surface area (Å²) in [5, 5.41) is 2.64. The van der Waals surface area contributed by atoms with Crippen molar-refractivity contribution < 1.29 is 23.5 Å². The molecule has 1 N–H and O–H groups in total. The summed E-state index contributed by atoms with van der Waals surface area (Å²) in [6.07, 6.45) is 0. The van der Waals surface area contributed by atoms with Gasteiger partial charge in [-0.3, -0.25) is 4.79 Å². The Kier molecular flexibility index (Phi) is 5.89. The van der Waals surface area contributed by atoms with Gasteiger partial charge in [0.05, 0.1) is 12.7 Å². The van der Waals surface area contributed by atoms with E-state index < -0.39 is 5.97 Å². The first-order chi connectivity index (χ1) is 11.5. The molecule has 2 rings (SSSR count). The van der Waals surface area contributed by atoms with E-state index in [-0.39, 0.29) is 24.9 Å². The van der Waals surface area contributed by atoms with Crippen LogP contribution in [0.15, 0.2) is 42.5 Å². The summed E-state index contributed by atoms with van der Waals surface area (Å²) in [5.41, 5.74) is 1.56. The Hall–Kier alpha value is -2.89. The van der Waals surface area contributed by atoms with Gasteiger partial charge in [-0.25, -0.2) is 9.18 Å². The maximum Gasteiger partial charge on any atom is 0.337 e. The van der Waals surface area contributed by atoms with Crippen molar-refractivity contribution in [3.63, 3.8) is 0 Å². The third-order valence-electron chi connectivity index (χ3n) is 3.35. The van der Waals surface area contributed by atoms with Crippen LogP contribution in [0.2, 0.25) is 0 Å². The van der Waals surface area contributed by atoms with E-state index in [9.17, 15) is 14.0 Å². The summed E-state index contributed by atoms with van der Waals surface area (Å²) in [6, 6.07) is 11.1. The molecule has 0 fully saturated rings. The predicted octanol–water partition coefficient (Wildman–Crippen LogP) is 2.62. The van der Waals surface area contributed by atoms with Gasteiger partial charge >= 0.3 is 5.97 Å². The van der Waals surface area contributed by atoms with Crippen molar-refractivity contribution in [2.24, 2.45) is 0 Å². The van der Waals surface area contributed by atoms with Gasteiger partial charge in [0.1, 0.15) is 11.6 Å². The van der Waals surface area contributed by atoms with Crippen molar-refractivity contribution in [1.29, 1.82) is 0 Å². The van der Waals surface area contributed by atoms with Gasteiger partial charge in [-0.2, -0.15) is 0 Å². The number of rotatable bonds is 6. The molecule has 2 aromatic rings. The van der Waals surface area contributed by atoms with Gasteiger partial charge in [0, 0.05) is 6.54 Å². The van der Waals surface area contributed by atoms with Gasteiger partial charge in [0.2, 0.25) is 0 Å². The van der Waals surface area contributed by atoms with Crippen LogP contribution in [-0.2, 0) is 16.1 Å². The quantitative estimate of drug-likeness (QED) is 0.827. The summed E-state index contributed by atoms with van der Waals surface area (Å²) in [7, 11) is 1.29. The largest absolute Gasteiger partial charge is 0.484 e. The van der Waals surface area contributed by atoms with E-state index in [2.05, 4.69) is 10.1 Å². The van der Waals surface area contributed by atoms with Crippen molar-refractivity contribution >= 4 is 11.9 Å². The Balaban J connectivity index is 1.84. The first-order valence-electron chi connectivity index (χ1n) is 7.32. The van der Waals surface area contributed by atoms with Crippen molar-refractivity contribution in [2.45, 2.75) is 13.5 Å². The third-order valence-corrected chi connectivity index (χ3v) is 3.35. The zero-order valence-electron chi connectivity index (χ0n) is 13.5. The molecule has 1 amide bonds. The molecule has 0 saturated heterocycles. The van der Waals surface area contributed by atoms with Gasteiger partial charge < -0.3 is 14.8 Å². The van der Waals surface area contributed by atoms with Crippen molar-refractivity contribution in [1.82, 2.24) is 5.32 Å². The van der Waals surface area contributed by atoms with E-state index in [4.69, 9.17) is 4.74 Å². The molecule has 0 aliphatic heterocycles. The van der Waals surface area contributed by atoms with Crippen LogP contribution in [0.3, 0.4) is 0 Å². The van der Waals surface area contributed by atoms with Crippen LogP contribution in [-0.4, -0.2) is 25.6 Å². The minimum absolute atomic E-state index is 0.209. The summed E-state index contributed by atoms with van der Waals surface area (Å²) >= 11 is 0. The summed E-state index contributed by atoms with van der Waals surface area (Å²) in [6.45, 7) is 1.68. The lowest BCUT2D eigenvalue weighted by Gasteiger charge is -2.09. The second-order valence-corrected chi connectivity index (χ2v) is 5.17. The molecular formula is C18H18FNO4. The number of aryl methyl sites for hydroxylation is 1. The molecule has 2 aromatic carbocycles. The highest BCUT2D eigenvalue weighted by Crippen LogP contribution is 2.14. The number of halogens is 1. The van der Waals surface area contributed by atoms with E-state index in [0.29, 0.717) is 22.4 Å². The average Bonchev–Trinajstić information content (AvgIpc) is 2.60. The molecule has 0 unspecified atom stereocenters. The Morgan fingerprint density at radius 1 is 1.17 bits per heavy atom. The molecule has 0 aromatic heterocycles. The smallest absolute Gasteiger partial charge is 0.337 e. The predicted molar refractivity (Wildman–Crippen MR) is 86.3 cm³/mol. The molecule has 24 heavy (non-hydrogen) atoms. The highest BCUT2D eigenvalue weighted by atomic mass is 19.1. The number of ether oxygens (including phenoxy) is 2. The molecular weight excluding hydrogens is 313 g/mol. The lowest BCUT2D eigenvalue weighted by atomic mass is 10.1. The minimum Gasteiger partial charge on any atom is -0.484 e. The van der Waals surface area contributed by atoms with E-state index in [1.165, 1.54) is 19.2 Å². The zero-order chi connectivity index (χ0) is 17.5. The first-order valence-corrected chi connectivity index (χ1v) is 7.32. The molecule has 0 aliphatic carbocycles. The summed E-state index contributed by atoms with van der Waals surface area (Å²) in [4.78, 5) is 23.2. The highest BCUT2D eigenvalue weighted by molar-refractivity contribution is 5.89. The standard InChI is InChI=1S/C18H18FNO4/c1-12-6-7-13(8-16(12)19)10-20-17(21)11-24-15-5-3-4-14(9-15)18(22)23-2/h3-9H,10-11H2,1-2H3,(H,20,21). The Morgan fingerprint density at radius 3 is 2.67 bits per heavy atom. The number of benzene rings is 2. The Morgan fingerprint density at radius 2 is 1.96 bits per heavy atom. The van der Waals surface area contributed by atoms with Crippen LogP contribution in [0.4, 0.5) is 4.39 Å². The molecule has 0 saturated carbocycles. The highest BCUT2D eigenvalue weighted by Gasteiger charge is 2.08. The molecule has 0 radical (unpaired) electrons. The number of nitrogens with one attached hydrogen (secondary N) is 1. The third kappa shape index (κ3) is 4.81. The van der Waals surface area contributed by atoms with E-state index in [1.54, 1.807) is 37.3 Å². The lowest BCUT2D eigenvalue weighted by molar-refractivity contribution is -0.123. The fourth-order valence-corrected chi connectivity index (χ4v) is 1.98. The number of hydrogen-bond donors (Lipinski definition) is 1. The fraction of sp³-hybridized carbons (Fsp3) is 0.222. The van der Waals surface area contributed by atoms with Crippen LogP contribution in [0, 0.1) is 12.7 Å². The molecule has 0 aliphatic rings. The summed E-state index contributed by atoms with van der Waals surface area (Å²) < 4.78 is 23.4. The van der Waals surface area contributed by atoms with Gasteiger partial charge in [0.25, 0.3) is 5.91 Å². The van der Waals surface area contributed by atoms with Crippen LogP contribution in [0.5, 0.6) is 5.75 Å². The van der Waals surface area contributed by atoms with Crippen molar-refractivity contribution in [3.8, 4) is 5.75 Å². The maximum atomic E-state index is 13.4. The van der Waals surface area contributed by atoms with Crippen LogP contribution in [0.1, 0.15) is 21.5 Å². The second-order valence-electron chi connectivity index (χ2n) is 5.17. The number of carbonyl (C=O) groups excluding carboxylic acids is 2. The SMILES string of the molecule is COC(=O)c1cccc(OCC(=O)NCc2ccc(C)c(F)c2)c1.